The van der Waals surface area contributed by atoms with Gasteiger partial charge >= 0.3 is 0 Å². The first-order valence-electron chi connectivity index (χ1n) is 3.46. The smallest absolute Gasteiger partial charge is 0.135 e. The van der Waals surface area contributed by atoms with Gasteiger partial charge in [-0.05, 0) is 30.2 Å². The quantitative estimate of drug-likeness (QED) is 0.577. The highest BCUT2D eigenvalue weighted by atomic mass is 15.6. The Bertz CT molecular complexity index is 149. The first-order chi connectivity index (χ1) is 4.83. The molecule has 0 saturated carbocycles. The van der Waals surface area contributed by atoms with E-state index >= 15 is 0 Å². The van der Waals surface area contributed by atoms with E-state index in [0.29, 0.717) is 6.42 Å². The van der Waals surface area contributed by atoms with Crippen molar-refractivity contribution < 1.29 is 0 Å². The van der Waals surface area contributed by atoms with Gasteiger partial charge in [0.15, 0.2) is 5.66 Å². The van der Waals surface area contributed by atoms with Gasteiger partial charge in [0, 0.05) is 0 Å². The van der Waals surface area contributed by atoms with Crippen LogP contribution in [-0.2, 0) is 0 Å². The Morgan fingerprint density at radius 1 is 1.30 bits per heavy atom. The van der Waals surface area contributed by atoms with Gasteiger partial charge in [0.2, 0.25) is 0 Å². The van der Waals surface area contributed by atoms with E-state index in [4.69, 9.17) is 0 Å². The summed E-state index contributed by atoms with van der Waals surface area (Å²) < 4.78 is 0. The van der Waals surface area contributed by atoms with Gasteiger partial charge in [-0.3, -0.25) is 0 Å². The molecule has 0 fully saturated rings. The topological polar surface area (TPSA) is 49.4 Å². The largest absolute Gasteiger partial charge is 0.195 e. The van der Waals surface area contributed by atoms with E-state index in [1.165, 1.54) is 0 Å². The van der Waals surface area contributed by atoms with Gasteiger partial charge in [-0.1, -0.05) is 13.3 Å². The Hall–Kier alpha value is -0.800. The highest BCUT2D eigenvalue weighted by Gasteiger charge is 2.29. The van der Waals surface area contributed by atoms with E-state index < -0.39 is 5.66 Å². The third-order valence-corrected chi connectivity index (χ3v) is 1.55. The lowest BCUT2D eigenvalue weighted by molar-refractivity contribution is 0.407. The predicted molar refractivity (Wildman–Crippen MR) is 37.3 cm³/mol. The molecule has 0 saturated heterocycles. The fraction of sp³-hybridized carbons (Fsp3) is 0.833. The zero-order valence-electron chi connectivity index (χ0n) is 6.12. The Balaban J connectivity index is 2.60. The van der Waals surface area contributed by atoms with Crippen LogP contribution in [0.4, 0.5) is 0 Å². The molecule has 0 aromatic heterocycles. The van der Waals surface area contributed by atoms with Gasteiger partial charge in [0.25, 0.3) is 0 Å². The van der Waals surface area contributed by atoms with Gasteiger partial charge in [-0.25, -0.2) is 0 Å². The van der Waals surface area contributed by atoms with Crippen LogP contribution in [0.3, 0.4) is 0 Å². The molecule has 0 aromatic rings. The van der Waals surface area contributed by atoms with Crippen molar-refractivity contribution in [3.63, 3.8) is 0 Å². The molecular weight excluding hydrogens is 128 g/mol. The van der Waals surface area contributed by atoms with Crippen molar-refractivity contribution in [2.75, 3.05) is 0 Å². The van der Waals surface area contributed by atoms with E-state index in [9.17, 15) is 0 Å². The van der Waals surface area contributed by atoms with Gasteiger partial charge < -0.3 is 0 Å². The third-order valence-electron chi connectivity index (χ3n) is 1.55. The number of hydrogen-bond donors (Lipinski definition) is 0. The highest BCUT2D eigenvalue weighted by molar-refractivity contribution is 4.84. The second kappa shape index (κ2) is 2.86. The van der Waals surface area contributed by atoms with Crippen molar-refractivity contribution in [2.45, 2.75) is 31.8 Å². The lowest BCUT2D eigenvalue weighted by Gasteiger charge is -2.14. The summed E-state index contributed by atoms with van der Waals surface area (Å²) in [5.41, 5.74) is -0.408. The summed E-state index contributed by atoms with van der Waals surface area (Å²) >= 11 is 0. The SMILES string of the molecule is [CH2]CC1(CCC)N=NN=N1. The Morgan fingerprint density at radius 2 is 1.90 bits per heavy atom. The number of nitrogens with zero attached hydrogens (tertiary/aromatic N) is 4. The third kappa shape index (κ3) is 1.20. The van der Waals surface area contributed by atoms with Crippen molar-refractivity contribution in [1.82, 2.24) is 0 Å². The van der Waals surface area contributed by atoms with Crippen LogP contribution in [0.2, 0.25) is 0 Å². The van der Waals surface area contributed by atoms with Crippen LogP contribution in [0.15, 0.2) is 20.7 Å². The Morgan fingerprint density at radius 3 is 2.30 bits per heavy atom. The van der Waals surface area contributed by atoms with Crippen molar-refractivity contribution >= 4 is 0 Å². The zero-order chi connectivity index (χ0) is 7.45. The van der Waals surface area contributed by atoms with E-state index in [2.05, 4.69) is 34.5 Å². The lowest BCUT2D eigenvalue weighted by atomic mass is 10.0. The second-order valence-electron chi connectivity index (χ2n) is 2.36. The van der Waals surface area contributed by atoms with Crippen molar-refractivity contribution in [3.05, 3.63) is 6.92 Å². The van der Waals surface area contributed by atoms with Crippen LogP contribution in [0.25, 0.3) is 0 Å². The first-order valence-corrected chi connectivity index (χ1v) is 3.46. The van der Waals surface area contributed by atoms with Crippen LogP contribution in [0.5, 0.6) is 0 Å². The van der Waals surface area contributed by atoms with E-state index in [1.807, 2.05) is 0 Å². The summed E-state index contributed by atoms with van der Waals surface area (Å²) in [6.07, 6.45) is 2.57. The van der Waals surface area contributed by atoms with Crippen molar-refractivity contribution in [2.24, 2.45) is 20.7 Å². The van der Waals surface area contributed by atoms with Gasteiger partial charge in [0.05, 0.1) is 0 Å². The van der Waals surface area contributed by atoms with Crippen LogP contribution in [0.1, 0.15) is 26.2 Å². The summed E-state index contributed by atoms with van der Waals surface area (Å²) in [5, 5.41) is 14.7. The molecule has 1 rings (SSSR count). The fourth-order valence-corrected chi connectivity index (χ4v) is 0.952. The molecule has 0 aliphatic carbocycles. The molecule has 0 unspecified atom stereocenters. The summed E-state index contributed by atoms with van der Waals surface area (Å²) in [4.78, 5) is 0. The molecule has 1 heterocycles. The standard InChI is InChI=1S/C6H11N4/c1-3-5-6(4-2)7-9-10-8-6/h2-5H2,1H3. The van der Waals surface area contributed by atoms with Crippen LogP contribution in [-0.4, -0.2) is 5.66 Å². The predicted octanol–water partition coefficient (Wildman–Crippen LogP) is 2.54. The van der Waals surface area contributed by atoms with Gasteiger partial charge in [0.1, 0.15) is 0 Å². The van der Waals surface area contributed by atoms with E-state index in [0.717, 1.165) is 12.8 Å². The molecule has 10 heavy (non-hydrogen) atoms. The molecule has 0 amide bonds. The first kappa shape index (κ1) is 7.31. The lowest BCUT2D eigenvalue weighted by Crippen LogP contribution is -2.19. The fourth-order valence-electron chi connectivity index (χ4n) is 0.952. The molecule has 4 nitrogen and oxygen atoms in total. The summed E-state index contributed by atoms with van der Waals surface area (Å²) in [6.45, 7) is 5.84. The molecule has 1 aliphatic rings. The van der Waals surface area contributed by atoms with Gasteiger partial charge in [-0.2, -0.15) is 0 Å². The maximum absolute atomic E-state index is 3.90. The molecule has 1 radical (unpaired) electrons. The summed E-state index contributed by atoms with van der Waals surface area (Å²) in [7, 11) is 0. The number of rotatable bonds is 3. The average molecular weight is 139 g/mol. The average Bonchev–Trinajstić information content (AvgIpc) is 2.39. The maximum atomic E-state index is 3.90. The number of hydrogen-bond acceptors (Lipinski definition) is 4. The minimum atomic E-state index is -0.408. The highest BCUT2D eigenvalue weighted by Crippen LogP contribution is 2.28. The summed E-state index contributed by atoms with van der Waals surface area (Å²) in [5.74, 6) is 0. The molecular formula is C6H11N4. The molecule has 0 bridgehead atoms. The molecule has 0 atom stereocenters. The van der Waals surface area contributed by atoms with E-state index in [1.54, 1.807) is 0 Å². The summed E-state index contributed by atoms with van der Waals surface area (Å²) in [6, 6.07) is 0. The maximum Gasteiger partial charge on any atom is 0.195 e. The Labute approximate surface area is 60.4 Å². The molecule has 55 valence electrons. The van der Waals surface area contributed by atoms with Crippen LogP contribution in [0, 0.1) is 6.92 Å². The minimum Gasteiger partial charge on any atom is -0.135 e. The van der Waals surface area contributed by atoms with E-state index in [-0.39, 0.29) is 0 Å². The Kier molecular flexibility index (Phi) is 2.09. The zero-order valence-corrected chi connectivity index (χ0v) is 6.12. The molecule has 0 spiro atoms. The molecule has 0 aromatic carbocycles. The molecule has 1 aliphatic heterocycles. The second-order valence-corrected chi connectivity index (χ2v) is 2.36. The monoisotopic (exact) mass is 139 g/mol. The molecule has 0 N–H and O–H groups in total. The van der Waals surface area contributed by atoms with Crippen LogP contribution < -0.4 is 0 Å². The van der Waals surface area contributed by atoms with Crippen LogP contribution >= 0.6 is 0 Å². The van der Waals surface area contributed by atoms with Gasteiger partial charge in [-0.15, -0.1) is 10.2 Å². The van der Waals surface area contributed by atoms with Crippen molar-refractivity contribution in [3.8, 4) is 0 Å². The van der Waals surface area contributed by atoms with Crippen molar-refractivity contribution in [1.29, 1.82) is 0 Å². The molecule has 4 heteroatoms. The normalized spacial score (nSPS) is 20.2. The minimum absolute atomic E-state index is 0.408.